The van der Waals surface area contributed by atoms with E-state index in [-0.39, 0.29) is 11.5 Å². The first-order chi connectivity index (χ1) is 10.8. The maximum absolute atomic E-state index is 12.3. The number of amides is 1. The third-order valence-electron chi connectivity index (χ3n) is 3.42. The quantitative estimate of drug-likeness (QED) is 0.529. The van der Waals surface area contributed by atoms with Crippen LogP contribution in [0, 0.1) is 17.0 Å². The molecule has 1 heterocycles. The zero-order valence-electron chi connectivity index (χ0n) is 12.8. The second kappa shape index (κ2) is 6.30. The van der Waals surface area contributed by atoms with E-state index in [0.717, 1.165) is 5.56 Å². The van der Waals surface area contributed by atoms with Gasteiger partial charge >= 0.3 is 11.8 Å². The summed E-state index contributed by atoms with van der Waals surface area (Å²) in [7, 11) is 2.70. The highest BCUT2D eigenvalue weighted by Crippen LogP contribution is 2.20. The van der Waals surface area contributed by atoms with Crippen molar-refractivity contribution in [2.24, 2.45) is 7.05 Å². The monoisotopic (exact) mass is 317 g/mol. The predicted molar refractivity (Wildman–Crippen MR) is 82.5 cm³/mol. The van der Waals surface area contributed by atoms with Crippen molar-refractivity contribution in [2.45, 2.75) is 6.92 Å². The maximum Gasteiger partial charge on any atom is 0.337 e. The minimum absolute atomic E-state index is 0.138. The van der Waals surface area contributed by atoms with Crippen LogP contribution in [0.1, 0.15) is 26.4 Å². The molecule has 0 spiro atoms. The molecule has 23 heavy (non-hydrogen) atoms. The number of nitrogens with zero attached hydrogens (tertiary/aromatic N) is 2. The van der Waals surface area contributed by atoms with Gasteiger partial charge in [-0.15, -0.1) is 0 Å². The largest absolute Gasteiger partial charge is 0.465 e. The second-order valence-electron chi connectivity index (χ2n) is 4.87. The van der Waals surface area contributed by atoms with Gasteiger partial charge in [0.15, 0.2) is 5.69 Å². The third-order valence-corrected chi connectivity index (χ3v) is 3.42. The summed E-state index contributed by atoms with van der Waals surface area (Å²) in [5.74, 6) is -1.21. The Kier molecular flexibility index (Phi) is 4.44. The molecular formula is C15H15N3O5. The Balaban J connectivity index is 2.30. The molecule has 1 amide bonds. The Bertz CT molecular complexity index is 794. The van der Waals surface area contributed by atoms with Gasteiger partial charge in [0.05, 0.1) is 19.7 Å². The number of aromatic nitrogens is 1. The lowest BCUT2D eigenvalue weighted by molar-refractivity contribution is -0.391. The number of hydrogen-bond acceptors (Lipinski definition) is 5. The molecule has 0 radical (unpaired) electrons. The van der Waals surface area contributed by atoms with E-state index in [1.807, 2.05) is 0 Å². The number of esters is 1. The van der Waals surface area contributed by atoms with Crippen LogP contribution in [0.4, 0.5) is 11.5 Å². The number of carbonyl (C=O) groups excluding carboxylic acids is 2. The highest BCUT2D eigenvalue weighted by Gasteiger charge is 2.21. The maximum atomic E-state index is 12.3. The van der Waals surface area contributed by atoms with Gasteiger partial charge in [0.1, 0.15) is 0 Å². The zero-order chi connectivity index (χ0) is 17.1. The molecule has 8 nitrogen and oxygen atoms in total. The SMILES string of the molecule is COC(=O)c1ccc(C)c(NC(=O)c2ccc([N+](=O)[O-])n2C)c1. The van der Waals surface area contributed by atoms with Crippen molar-refractivity contribution in [1.82, 2.24) is 4.57 Å². The average molecular weight is 317 g/mol. The number of nitrogens with one attached hydrogen (secondary N) is 1. The number of hydrogen-bond donors (Lipinski definition) is 1. The molecule has 0 atom stereocenters. The van der Waals surface area contributed by atoms with Crippen LogP contribution >= 0.6 is 0 Å². The van der Waals surface area contributed by atoms with Crippen LogP contribution in [0.25, 0.3) is 0 Å². The molecule has 0 bridgehead atoms. The molecule has 0 aliphatic carbocycles. The molecule has 0 fully saturated rings. The molecule has 0 aliphatic rings. The van der Waals surface area contributed by atoms with Crippen LogP contribution < -0.4 is 5.32 Å². The normalized spacial score (nSPS) is 10.2. The van der Waals surface area contributed by atoms with Crippen molar-refractivity contribution in [2.75, 3.05) is 12.4 Å². The highest BCUT2D eigenvalue weighted by atomic mass is 16.6. The van der Waals surface area contributed by atoms with Crippen molar-refractivity contribution in [3.05, 3.63) is 57.3 Å². The Labute approximate surface area is 131 Å². The Hall–Kier alpha value is -3.16. The Morgan fingerprint density at radius 3 is 2.52 bits per heavy atom. The summed E-state index contributed by atoms with van der Waals surface area (Å²) in [5, 5.41) is 13.5. The fraction of sp³-hybridized carbons (Fsp3) is 0.200. The van der Waals surface area contributed by atoms with Crippen molar-refractivity contribution in [3.63, 3.8) is 0 Å². The van der Waals surface area contributed by atoms with Gasteiger partial charge in [-0.1, -0.05) is 6.07 Å². The number of nitro groups is 1. The molecule has 2 aromatic rings. The average Bonchev–Trinajstić information content (AvgIpc) is 2.90. The van der Waals surface area contributed by atoms with E-state index in [0.29, 0.717) is 11.3 Å². The van der Waals surface area contributed by atoms with E-state index in [1.165, 1.54) is 36.9 Å². The number of ether oxygens (including phenoxy) is 1. The summed E-state index contributed by atoms with van der Waals surface area (Å²) in [6.07, 6.45) is 0. The lowest BCUT2D eigenvalue weighted by Gasteiger charge is -2.09. The van der Waals surface area contributed by atoms with Gasteiger partial charge in [-0.2, -0.15) is 0 Å². The van der Waals surface area contributed by atoms with E-state index in [2.05, 4.69) is 10.1 Å². The number of methoxy groups -OCH3 is 1. The molecule has 2 rings (SSSR count). The van der Waals surface area contributed by atoms with E-state index in [1.54, 1.807) is 19.1 Å². The molecule has 1 N–H and O–H groups in total. The summed E-state index contributed by atoms with van der Waals surface area (Å²) in [6, 6.07) is 7.38. The summed E-state index contributed by atoms with van der Waals surface area (Å²) >= 11 is 0. The minimum atomic E-state index is -0.570. The number of rotatable bonds is 4. The van der Waals surface area contributed by atoms with Crippen molar-refractivity contribution in [1.29, 1.82) is 0 Å². The molecular weight excluding hydrogens is 302 g/mol. The Morgan fingerprint density at radius 1 is 1.26 bits per heavy atom. The number of carbonyl (C=O) groups is 2. The lowest BCUT2D eigenvalue weighted by atomic mass is 10.1. The minimum Gasteiger partial charge on any atom is -0.465 e. The van der Waals surface area contributed by atoms with Crippen molar-refractivity contribution in [3.8, 4) is 0 Å². The molecule has 0 saturated carbocycles. The van der Waals surface area contributed by atoms with Crippen molar-refractivity contribution >= 4 is 23.4 Å². The summed E-state index contributed by atoms with van der Waals surface area (Å²) in [4.78, 5) is 34.1. The number of aryl methyl sites for hydroxylation is 1. The summed E-state index contributed by atoms with van der Waals surface area (Å²) in [5.41, 5.74) is 1.61. The smallest absolute Gasteiger partial charge is 0.337 e. The first-order valence-corrected chi connectivity index (χ1v) is 6.65. The number of benzene rings is 1. The van der Waals surface area contributed by atoms with Crippen LogP contribution in [-0.4, -0.2) is 28.5 Å². The van der Waals surface area contributed by atoms with E-state index in [4.69, 9.17) is 0 Å². The number of anilines is 1. The Morgan fingerprint density at radius 2 is 1.96 bits per heavy atom. The molecule has 0 aliphatic heterocycles. The van der Waals surface area contributed by atoms with Crippen LogP contribution in [0.15, 0.2) is 30.3 Å². The first kappa shape index (κ1) is 16.2. The predicted octanol–water partition coefficient (Wildman–Crippen LogP) is 2.28. The summed E-state index contributed by atoms with van der Waals surface area (Å²) < 4.78 is 5.83. The third kappa shape index (κ3) is 3.20. The summed E-state index contributed by atoms with van der Waals surface area (Å²) in [6.45, 7) is 1.77. The molecule has 120 valence electrons. The molecule has 1 aromatic carbocycles. The van der Waals surface area contributed by atoms with E-state index >= 15 is 0 Å². The van der Waals surface area contributed by atoms with Crippen LogP contribution in [0.3, 0.4) is 0 Å². The van der Waals surface area contributed by atoms with Gasteiger partial charge < -0.3 is 20.2 Å². The second-order valence-corrected chi connectivity index (χ2v) is 4.87. The zero-order valence-corrected chi connectivity index (χ0v) is 12.8. The highest BCUT2D eigenvalue weighted by molar-refractivity contribution is 6.04. The van der Waals surface area contributed by atoms with E-state index in [9.17, 15) is 19.7 Å². The van der Waals surface area contributed by atoms with Gasteiger partial charge in [0, 0.05) is 11.8 Å². The van der Waals surface area contributed by atoms with Gasteiger partial charge in [-0.3, -0.25) is 4.79 Å². The van der Waals surface area contributed by atoms with Crippen LogP contribution in [-0.2, 0) is 11.8 Å². The van der Waals surface area contributed by atoms with Crippen molar-refractivity contribution < 1.29 is 19.2 Å². The topological polar surface area (TPSA) is 103 Å². The van der Waals surface area contributed by atoms with Gasteiger partial charge in [-0.05, 0) is 35.6 Å². The fourth-order valence-electron chi connectivity index (χ4n) is 2.10. The molecule has 0 unspecified atom stereocenters. The fourth-order valence-corrected chi connectivity index (χ4v) is 2.10. The lowest BCUT2D eigenvalue weighted by Crippen LogP contribution is -2.17. The molecule has 1 aromatic heterocycles. The van der Waals surface area contributed by atoms with Gasteiger partial charge in [-0.25, -0.2) is 9.36 Å². The standard InChI is InChI=1S/C15H15N3O5/c1-9-4-5-10(15(20)23-3)8-11(9)16-14(19)12-6-7-13(17(12)2)18(21)22/h4-8H,1-3H3,(H,16,19). The van der Waals surface area contributed by atoms with Gasteiger partial charge in [0.25, 0.3) is 5.91 Å². The van der Waals surface area contributed by atoms with Gasteiger partial charge in [0.2, 0.25) is 0 Å². The first-order valence-electron chi connectivity index (χ1n) is 6.65. The molecule has 0 saturated heterocycles. The van der Waals surface area contributed by atoms with Crippen LogP contribution in [0.5, 0.6) is 0 Å². The molecule has 8 heteroatoms. The van der Waals surface area contributed by atoms with Crippen LogP contribution in [0.2, 0.25) is 0 Å². The van der Waals surface area contributed by atoms with E-state index < -0.39 is 16.8 Å².